The molecule has 0 radical (unpaired) electrons. The van der Waals surface area contributed by atoms with Crippen LogP contribution in [-0.2, 0) is 14.6 Å². The molecule has 1 amide bonds. The van der Waals surface area contributed by atoms with Crippen LogP contribution in [0.3, 0.4) is 0 Å². The van der Waals surface area contributed by atoms with Crippen molar-refractivity contribution in [1.29, 1.82) is 0 Å². The highest BCUT2D eigenvalue weighted by Crippen LogP contribution is 2.22. The first kappa shape index (κ1) is 18.4. The van der Waals surface area contributed by atoms with Gasteiger partial charge in [0.1, 0.15) is 11.8 Å². The van der Waals surface area contributed by atoms with Crippen LogP contribution in [0.4, 0.5) is 5.69 Å². The molecular weight excluding hydrogens is 352 g/mol. The van der Waals surface area contributed by atoms with Crippen molar-refractivity contribution in [2.24, 2.45) is 0 Å². The fraction of sp³-hybridized carbons (Fsp3) is 0.316. The largest absolute Gasteiger partial charge is 0.497 e. The van der Waals surface area contributed by atoms with Crippen molar-refractivity contribution in [2.75, 3.05) is 23.9 Å². The lowest BCUT2D eigenvalue weighted by atomic mass is 10.0. The number of amides is 1. The van der Waals surface area contributed by atoms with E-state index in [9.17, 15) is 13.2 Å². The Kier molecular flexibility index (Phi) is 5.58. The van der Waals surface area contributed by atoms with Crippen LogP contribution < -0.4 is 15.4 Å². The second-order valence-corrected chi connectivity index (χ2v) is 8.56. The van der Waals surface area contributed by atoms with Gasteiger partial charge in [-0.25, -0.2) is 8.42 Å². The summed E-state index contributed by atoms with van der Waals surface area (Å²) in [6, 6.07) is 15.5. The Hall–Kier alpha value is -2.38. The molecule has 6 nitrogen and oxygen atoms in total. The molecular formula is C19H22N2O4S. The minimum Gasteiger partial charge on any atom is -0.497 e. The molecule has 138 valence electrons. The van der Waals surface area contributed by atoms with Crippen molar-refractivity contribution >= 4 is 21.4 Å². The molecule has 1 saturated heterocycles. The van der Waals surface area contributed by atoms with Crippen LogP contribution >= 0.6 is 0 Å². The zero-order valence-electron chi connectivity index (χ0n) is 14.5. The lowest BCUT2D eigenvalue weighted by molar-refractivity contribution is -0.118. The zero-order chi connectivity index (χ0) is 18.6. The quantitative estimate of drug-likeness (QED) is 0.809. The van der Waals surface area contributed by atoms with Gasteiger partial charge in [0.15, 0.2) is 9.84 Å². The third-order valence-electron chi connectivity index (χ3n) is 4.37. The van der Waals surface area contributed by atoms with E-state index in [1.54, 1.807) is 31.4 Å². The van der Waals surface area contributed by atoms with Crippen LogP contribution in [0, 0.1) is 0 Å². The molecule has 2 aromatic rings. The van der Waals surface area contributed by atoms with Gasteiger partial charge < -0.3 is 10.1 Å². The van der Waals surface area contributed by atoms with E-state index in [0.29, 0.717) is 17.9 Å². The van der Waals surface area contributed by atoms with Gasteiger partial charge in [0, 0.05) is 17.8 Å². The molecule has 2 N–H and O–H groups in total. The minimum atomic E-state index is -3.03. The van der Waals surface area contributed by atoms with Gasteiger partial charge in [0.2, 0.25) is 5.91 Å². The number of carbonyl (C=O) groups excluding carboxylic acids is 1. The zero-order valence-corrected chi connectivity index (χ0v) is 15.3. The van der Waals surface area contributed by atoms with Crippen LogP contribution in [0.2, 0.25) is 0 Å². The summed E-state index contributed by atoms with van der Waals surface area (Å²) >= 11 is 0. The average molecular weight is 374 g/mol. The molecule has 26 heavy (non-hydrogen) atoms. The maximum absolute atomic E-state index is 12.9. The molecule has 1 aliphatic rings. The summed E-state index contributed by atoms with van der Waals surface area (Å²) in [4.78, 5) is 12.9. The normalized spacial score (nSPS) is 19.7. The predicted molar refractivity (Wildman–Crippen MR) is 101 cm³/mol. The standard InChI is InChI=1S/C19H22N2O4S/c1-25-17-9-5-8-15(12-17)21-19(22)18(14-6-3-2-4-7-14)20-16-10-11-26(23,24)13-16/h2-9,12,16,18,20H,10-11,13H2,1H3,(H,21,22)/t16-,18-/m1/s1. The summed E-state index contributed by atoms with van der Waals surface area (Å²) in [6.07, 6.45) is 0.512. The van der Waals surface area contributed by atoms with E-state index in [0.717, 1.165) is 5.56 Å². The van der Waals surface area contributed by atoms with Gasteiger partial charge in [-0.05, 0) is 24.1 Å². The molecule has 2 aromatic carbocycles. The number of anilines is 1. The molecule has 3 rings (SSSR count). The summed E-state index contributed by atoms with van der Waals surface area (Å²) in [5.74, 6) is 0.620. The Morgan fingerprint density at radius 3 is 2.58 bits per heavy atom. The third-order valence-corrected chi connectivity index (χ3v) is 6.14. The van der Waals surface area contributed by atoms with Crippen molar-refractivity contribution in [3.63, 3.8) is 0 Å². The van der Waals surface area contributed by atoms with Crippen LogP contribution in [0.15, 0.2) is 54.6 Å². The highest BCUT2D eigenvalue weighted by molar-refractivity contribution is 7.91. The first-order chi connectivity index (χ1) is 12.5. The van der Waals surface area contributed by atoms with E-state index in [1.165, 1.54) is 0 Å². The predicted octanol–water partition coefficient (Wildman–Crippen LogP) is 2.15. The Morgan fingerprint density at radius 2 is 1.92 bits per heavy atom. The molecule has 2 atom stereocenters. The third kappa shape index (κ3) is 4.62. The van der Waals surface area contributed by atoms with Gasteiger partial charge in [-0.15, -0.1) is 0 Å². The summed E-state index contributed by atoms with van der Waals surface area (Å²) < 4.78 is 28.7. The van der Waals surface area contributed by atoms with E-state index < -0.39 is 15.9 Å². The Balaban J connectivity index is 1.79. The number of hydrogen-bond acceptors (Lipinski definition) is 5. The molecule has 0 aromatic heterocycles. The first-order valence-corrected chi connectivity index (χ1v) is 10.3. The molecule has 0 saturated carbocycles. The van der Waals surface area contributed by atoms with E-state index in [-0.39, 0.29) is 23.5 Å². The molecule has 0 spiro atoms. The second-order valence-electron chi connectivity index (χ2n) is 6.33. The van der Waals surface area contributed by atoms with Crippen molar-refractivity contribution in [2.45, 2.75) is 18.5 Å². The van der Waals surface area contributed by atoms with Crippen LogP contribution in [0.25, 0.3) is 0 Å². The van der Waals surface area contributed by atoms with Crippen molar-refractivity contribution in [3.8, 4) is 5.75 Å². The Morgan fingerprint density at radius 1 is 1.15 bits per heavy atom. The molecule has 7 heteroatoms. The maximum atomic E-state index is 12.9. The SMILES string of the molecule is COc1cccc(NC(=O)[C@H](N[C@@H]2CCS(=O)(=O)C2)c2ccccc2)c1. The van der Waals surface area contributed by atoms with E-state index in [1.807, 2.05) is 30.3 Å². The minimum absolute atomic E-state index is 0.0583. The lowest BCUT2D eigenvalue weighted by Crippen LogP contribution is -2.40. The van der Waals surface area contributed by atoms with Gasteiger partial charge >= 0.3 is 0 Å². The van der Waals surface area contributed by atoms with Crippen LogP contribution in [0.5, 0.6) is 5.75 Å². The van der Waals surface area contributed by atoms with E-state index in [4.69, 9.17) is 4.74 Å². The van der Waals surface area contributed by atoms with Crippen molar-refractivity contribution in [1.82, 2.24) is 5.32 Å². The fourth-order valence-electron chi connectivity index (χ4n) is 3.05. The second kappa shape index (κ2) is 7.88. The number of nitrogens with one attached hydrogen (secondary N) is 2. The maximum Gasteiger partial charge on any atom is 0.246 e. The summed E-state index contributed by atoms with van der Waals surface area (Å²) in [6.45, 7) is 0. The van der Waals surface area contributed by atoms with Crippen LogP contribution in [-0.4, -0.2) is 39.0 Å². The van der Waals surface area contributed by atoms with E-state index in [2.05, 4.69) is 10.6 Å². The number of hydrogen-bond donors (Lipinski definition) is 2. The van der Waals surface area contributed by atoms with Crippen molar-refractivity contribution < 1.29 is 17.9 Å². The molecule has 0 aliphatic carbocycles. The Labute approximate surface area is 153 Å². The summed E-state index contributed by atoms with van der Waals surface area (Å²) in [5.41, 5.74) is 1.41. The topological polar surface area (TPSA) is 84.5 Å². The number of carbonyl (C=O) groups is 1. The van der Waals surface area contributed by atoms with Gasteiger partial charge in [-0.3, -0.25) is 10.1 Å². The molecule has 1 heterocycles. The molecule has 1 fully saturated rings. The number of sulfone groups is 1. The number of methoxy groups -OCH3 is 1. The number of rotatable bonds is 6. The molecule has 1 aliphatic heterocycles. The molecule has 0 unspecified atom stereocenters. The Bertz CT molecular complexity index is 868. The van der Waals surface area contributed by atoms with Gasteiger partial charge in [-0.1, -0.05) is 36.4 Å². The van der Waals surface area contributed by atoms with Gasteiger partial charge in [-0.2, -0.15) is 0 Å². The highest BCUT2D eigenvalue weighted by atomic mass is 32.2. The van der Waals surface area contributed by atoms with E-state index >= 15 is 0 Å². The number of ether oxygens (including phenoxy) is 1. The van der Waals surface area contributed by atoms with Crippen LogP contribution in [0.1, 0.15) is 18.0 Å². The van der Waals surface area contributed by atoms with Crippen molar-refractivity contribution in [3.05, 3.63) is 60.2 Å². The summed E-state index contributed by atoms with van der Waals surface area (Å²) in [5, 5.41) is 6.09. The molecule has 0 bridgehead atoms. The average Bonchev–Trinajstić information content (AvgIpc) is 2.99. The highest BCUT2D eigenvalue weighted by Gasteiger charge is 2.32. The monoisotopic (exact) mass is 374 g/mol. The number of benzene rings is 2. The van der Waals surface area contributed by atoms with Gasteiger partial charge in [0.25, 0.3) is 0 Å². The van der Waals surface area contributed by atoms with Gasteiger partial charge in [0.05, 0.1) is 18.6 Å². The summed E-state index contributed by atoms with van der Waals surface area (Å²) in [7, 11) is -1.46. The smallest absolute Gasteiger partial charge is 0.246 e. The fourth-order valence-corrected chi connectivity index (χ4v) is 4.73. The lowest BCUT2D eigenvalue weighted by Gasteiger charge is -2.22. The first-order valence-electron chi connectivity index (χ1n) is 8.43.